The molecule has 33 heavy (non-hydrogen) atoms. The first-order chi connectivity index (χ1) is 15.6. The Hall–Kier alpha value is -2.27. The van der Waals surface area contributed by atoms with Crippen molar-refractivity contribution >= 4 is 22.5 Å². The van der Waals surface area contributed by atoms with E-state index in [0.29, 0.717) is 28.2 Å². The molecule has 3 atom stereocenters. The van der Waals surface area contributed by atoms with E-state index in [1.54, 1.807) is 0 Å². The minimum absolute atomic E-state index is 0.0209. The second kappa shape index (κ2) is 7.63. The summed E-state index contributed by atoms with van der Waals surface area (Å²) in [5, 5.41) is -0.474. The van der Waals surface area contributed by atoms with Gasteiger partial charge in [0.25, 0.3) is 17.9 Å². The zero-order valence-corrected chi connectivity index (χ0v) is 18.5. The highest BCUT2D eigenvalue weighted by atomic mass is 32.1. The standard InChI is InChI=1S/C22H22F5N3O2S/c1-8-14(13-6-10-11(7-28)22(26,27)5-4-12(10)33-13)17(23)15(19(24)25)16-18(8)30(9-2-3-9)21(32)29-20(16)31/h6,9,11,14,17,19H,2-5,7,28H2,1H3,(H,29,31,32). The van der Waals surface area contributed by atoms with Gasteiger partial charge in [0.15, 0.2) is 0 Å². The van der Waals surface area contributed by atoms with Gasteiger partial charge in [0.1, 0.15) is 6.17 Å². The smallest absolute Gasteiger partial charge is 0.329 e. The molecule has 2 aromatic rings. The summed E-state index contributed by atoms with van der Waals surface area (Å²) < 4.78 is 74.1. The number of aromatic nitrogens is 2. The van der Waals surface area contributed by atoms with Crippen LogP contribution < -0.4 is 27.6 Å². The lowest BCUT2D eigenvalue weighted by Gasteiger charge is -2.30. The number of aromatic amines is 1. The molecule has 178 valence electrons. The fraction of sp³-hybridized carbons (Fsp3) is 0.545. The molecule has 3 aliphatic rings. The summed E-state index contributed by atoms with van der Waals surface area (Å²) in [7, 11) is 0. The van der Waals surface area contributed by atoms with Crippen LogP contribution in [-0.4, -0.2) is 34.6 Å². The second-order valence-corrected chi connectivity index (χ2v) is 10.1. The lowest BCUT2D eigenvalue weighted by molar-refractivity contribution is -0.0381. The molecule has 3 aliphatic carbocycles. The molecule has 1 fully saturated rings. The van der Waals surface area contributed by atoms with Crippen molar-refractivity contribution < 1.29 is 22.0 Å². The van der Waals surface area contributed by atoms with Crippen LogP contribution in [0.3, 0.4) is 0 Å². The van der Waals surface area contributed by atoms with Gasteiger partial charge >= 0.3 is 5.69 Å². The van der Waals surface area contributed by atoms with E-state index in [2.05, 4.69) is 4.98 Å². The lowest BCUT2D eigenvalue weighted by Crippen LogP contribution is -2.59. The first-order valence-corrected chi connectivity index (χ1v) is 11.6. The van der Waals surface area contributed by atoms with Crippen LogP contribution in [0.5, 0.6) is 0 Å². The van der Waals surface area contributed by atoms with Crippen LogP contribution in [0.15, 0.2) is 15.7 Å². The average Bonchev–Trinajstić information content (AvgIpc) is 3.47. The Bertz CT molecular complexity index is 1370. The minimum atomic E-state index is -3.27. The molecule has 0 amide bonds. The van der Waals surface area contributed by atoms with Crippen molar-refractivity contribution in [3.05, 3.63) is 52.8 Å². The molecule has 2 aromatic heterocycles. The van der Waals surface area contributed by atoms with Crippen LogP contribution >= 0.6 is 11.3 Å². The quantitative estimate of drug-likeness (QED) is 0.650. The molecule has 0 aromatic carbocycles. The van der Waals surface area contributed by atoms with Crippen molar-refractivity contribution in [2.75, 3.05) is 6.54 Å². The Morgan fingerprint density at radius 2 is 2.00 bits per heavy atom. The number of hydrogen-bond donors (Lipinski definition) is 2. The summed E-state index contributed by atoms with van der Waals surface area (Å²) in [6.45, 7) is 1.22. The van der Waals surface area contributed by atoms with E-state index >= 15 is 4.39 Å². The van der Waals surface area contributed by atoms with Crippen LogP contribution in [0.1, 0.15) is 59.4 Å². The van der Waals surface area contributed by atoms with Gasteiger partial charge in [-0.25, -0.2) is 26.7 Å². The van der Waals surface area contributed by atoms with Gasteiger partial charge in [0.05, 0.1) is 22.4 Å². The Balaban J connectivity index is 1.79. The van der Waals surface area contributed by atoms with Crippen LogP contribution in [0.4, 0.5) is 22.0 Å². The predicted octanol–water partition coefficient (Wildman–Crippen LogP) is 2.28. The molecule has 3 N–H and O–H groups in total. The highest BCUT2D eigenvalue weighted by Crippen LogP contribution is 2.49. The minimum Gasteiger partial charge on any atom is -0.330 e. The molecule has 0 bridgehead atoms. The summed E-state index contributed by atoms with van der Waals surface area (Å²) in [4.78, 5) is 28.1. The number of halogens is 5. The molecule has 0 saturated heterocycles. The maximum Gasteiger partial charge on any atom is 0.329 e. The van der Waals surface area contributed by atoms with Gasteiger partial charge in [-0.3, -0.25) is 14.3 Å². The van der Waals surface area contributed by atoms with Crippen LogP contribution in [0.2, 0.25) is 0 Å². The molecule has 1 saturated carbocycles. The Kier molecular flexibility index (Phi) is 5.20. The third kappa shape index (κ3) is 3.34. The number of thiophene rings is 1. The highest BCUT2D eigenvalue weighted by molar-refractivity contribution is 7.12. The molecule has 0 radical (unpaired) electrons. The van der Waals surface area contributed by atoms with Crippen LogP contribution in [-0.2, 0) is 6.42 Å². The summed E-state index contributed by atoms with van der Waals surface area (Å²) in [5.41, 5.74) is 3.47. The zero-order valence-electron chi connectivity index (χ0n) is 17.6. The topological polar surface area (TPSA) is 80.9 Å². The van der Waals surface area contributed by atoms with Gasteiger partial charge in [-0.2, -0.15) is 0 Å². The van der Waals surface area contributed by atoms with Crippen molar-refractivity contribution in [2.24, 2.45) is 5.73 Å². The number of nitrogens with two attached hydrogens (primary N) is 1. The number of fused-ring (bicyclic) bond motifs is 2. The molecule has 2 heterocycles. The predicted molar refractivity (Wildman–Crippen MR) is 114 cm³/mol. The Morgan fingerprint density at radius 1 is 1.30 bits per heavy atom. The number of aryl methyl sites for hydroxylation is 1. The van der Waals surface area contributed by atoms with Crippen molar-refractivity contribution in [3.8, 4) is 0 Å². The third-order valence-corrected chi connectivity index (χ3v) is 8.28. The number of rotatable bonds is 4. The normalized spacial score (nSPS) is 26.5. The van der Waals surface area contributed by atoms with Gasteiger partial charge in [-0.1, -0.05) is 0 Å². The van der Waals surface area contributed by atoms with Crippen LogP contribution in [0, 0.1) is 0 Å². The van der Waals surface area contributed by atoms with Crippen molar-refractivity contribution in [1.29, 1.82) is 0 Å². The van der Waals surface area contributed by atoms with E-state index in [4.69, 9.17) is 5.73 Å². The fourth-order valence-corrected chi connectivity index (χ4v) is 6.66. The first-order valence-electron chi connectivity index (χ1n) is 10.8. The monoisotopic (exact) mass is 487 g/mol. The van der Waals surface area contributed by atoms with E-state index in [1.165, 1.54) is 17.6 Å². The van der Waals surface area contributed by atoms with Gasteiger partial charge in [-0.15, -0.1) is 11.3 Å². The molecular formula is C22H22F5N3O2S. The van der Waals surface area contributed by atoms with E-state index in [9.17, 15) is 27.2 Å². The van der Waals surface area contributed by atoms with E-state index < -0.39 is 52.4 Å². The van der Waals surface area contributed by atoms with E-state index in [-0.39, 0.29) is 36.4 Å². The summed E-state index contributed by atoms with van der Waals surface area (Å²) in [5.74, 6) is -5.45. The van der Waals surface area contributed by atoms with Gasteiger partial charge in [0.2, 0.25) is 0 Å². The molecule has 5 rings (SSSR count). The fourth-order valence-electron chi connectivity index (χ4n) is 5.25. The first kappa shape index (κ1) is 22.5. The third-order valence-electron chi connectivity index (χ3n) is 6.98. The Morgan fingerprint density at radius 3 is 2.61 bits per heavy atom. The largest absolute Gasteiger partial charge is 0.330 e. The van der Waals surface area contributed by atoms with Gasteiger partial charge in [0, 0.05) is 34.3 Å². The van der Waals surface area contributed by atoms with Gasteiger partial charge in [-0.05, 0) is 43.4 Å². The maximum atomic E-state index is 15.8. The Labute approximate surface area is 188 Å². The number of hydrogen-bond acceptors (Lipinski definition) is 4. The summed E-state index contributed by atoms with van der Waals surface area (Å²) in [6, 6.07) is 1.19. The molecule has 3 unspecified atom stereocenters. The number of alkyl halides is 5. The van der Waals surface area contributed by atoms with Crippen molar-refractivity contribution in [2.45, 2.75) is 69.0 Å². The summed E-state index contributed by atoms with van der Waals surface area (Å²) in [6.07, 6.45) is -4.53. The second-order valence-electron chi connectivity index (χ2n) is 8.98. The van der Waals surface area contributed by atoms with E-state index in [1.807, 2.05) is 0 Å². The van der Waals surface area contributed by atoms with Crippen molar-refractivity contribution in [3.63, 3.8) is 0 Å². The SMILES string of the molecule is CC1=c2c(c(=O)[nH]c(=O)n2C2CC2)=C(C(F)F)C(F)C1c1cc2c(s1)CCC(F)(F)C2CN. The number of H-pyrrole nitrogens is 1. The highest BCUT2D eigenvalue weighted by Gasteiger charge is 2.46. The lowest BCUT2D eigenvalue weighted by atomic mass is 9.81. The van der Waals surface area contributed by atoms with E-state index in [0.717, 1.165) is 11.3 Å². The van der Waals surface area contributed by atoms with Crippen molar-refractivity contribution in [1.82, 2.24) is 9.55 Å². The van der Waals surface area contributed by atoms with Crippen LogP contribution in [0.25, 0.3) is 11.1 Å². The molecule has 11 heteroatoms. The average molecular weight is 487 g/mol. The maximum absolute atomic E-state index is 15.8. The number of nitrogens with zero attached hydrogens (tertiary/aromatic N) is 1. The molecule has 0 spiro atoms. The molecular weight excluding hydrogens is 465 g/mol. The number of nitrogens with one attached hydrogen (secondary N) is 1. The summed E-state index contributed by atoms with van der Waals surface area (Å²) >= 11 is 1.11. The molecule has 0 aliphatic heterocycles. The molecule has 5 nitrogen and oxygen atoms in total. The zero-order chi connectivity index (χ0) is 23.8. The van der Waals surface area contributed by atoms with Gasteiger partial charge < -0.3 is 5.73 Å².